The van der Waals surface area contributed by atoms with Crippen molar-refractivity contribution in [2.45, 2.75) is 57.1 Å². The van der Waals surface area contributed by atoms with Gasteiger partial charge in [0.2, 0.25) is 5.91 Å². The summed E-state index contributed by atoms with van der Waals surface area (Å²) < 4.78 is 0. The molecule has 1 saturated heterocycles. The number of anilines is 1. The second-order valence-corrected chi connectivity index (χ2v) is 8.68. The molecule has 2 N–H and O–H groups in total. The number of carbonyl (C=O) groups is 1. The third-order valence-electron chi connectivity index (χ3n) is 5.74. The standard InChI is InChI=1S/C23H29N3O2/c1-23(2,28)19-12-21(14-24-13-19)26-10-9-20(15-26)25-22(27)11-16-3-5-17(6-4-16)18-7-8-18/h3-6,12-14,18,20,28H,7-11,15H2,1-2H3,(H,25,27)/t20-/m1/s1. The van der Waals surface area contributed by atoms with E-state index >= 15 is 0 Å². The van der Waals surface area contributed by atoms with Crippen molar-refractivity contribution in [2.24, 2.45) is 0 Å². The molecule has 1 aromatic heterocycles. The van der Waals surface area contributed by atoms with Crippen molar-refractivity contribution in [1.82, 2.24) is 10.3 Å². The molecule has 5 heteroatoms. The van der Waals surface area contributed by atoms with Crippen LogP contribution in [-0.2, 0) is 16.8 Å². The molecule has 2 fully saturated rings. The summed E-state index contributed by atoms with van der Waals surface area (Å²) in [5.41, 5.74) is 3.35. The first-order chi connectivity index (χ1) is 13.4. The maximum atomic E-state index is 12.5. The van der Waals surface area contributed by atoms with Gasteiger partial charge in [0.25, 0.3) is 0 Å². The van der Waals surface area contributed by atoms with Crippen LogP contribution >= 0.6 is 0 Å². The summed E-state index contributed by atoms with van der Waals surface area (Å²) in [6, 6.07) is 10.6. The zero-order valence-corrected chi connectivity index (χ0v) is 16.7. The normalized spacial score (nSPS) is 19.7. The molecule has 0 radical (unpaired) electrons. The van der Waals surface area contributed by atoms with Gasteiger partial charge in [-0.2, -0.15) is 0 Å². The average molecular weight is 380 g/mol. The minimum atomic E-state index is -0.911. The van der Waals surface area contributed by atoms with Gasteiger partial charge in [0.05, 0.1) is 23.9 Å². The van der Waals surface area contributed by atoms with Gasteiger partial charge in [0.15, 0.2) is 0 Å². The van der Waals surface area contributed by atoms with Crippen molar-refractivity contribution in [2.75, 3.05) is 18.0 Å². The highest BCUT2D eigenvalue weighted by Gasteiger charge is 2.26. The van der Waals surface area contributed by atoms with Gasteiger partial charge in [-0.3, -0.25) is 9.78 Å². The van der Waals surface area contributed by atoms with E-state index in [1.54, 1.807) is 20.0 Å². The summed E-state index contributed by atoms with van der Waals surface area (Å²) in [5, 5.41) is 13.4. The zero-order valence-electron chi connectivity index (χ0n) is 16.7. The van der Waals surface area contributed by atoms with Gasteiger partial charge in [-0.25, -0.2) is 0 Å². The summed E-state index contributed by atoms with van der Waals surface area (Å²) >= 11 is 0. The number of benzene rings is 1. The molecule has 1 aromatic carbocycles. The maximum absolute atomic E-state index is 12.5. The lowest BCUT2D eigenvalue weighted by Gasteiger charge is -2.22. The molecule has 1 aliphatic heterocycles. The number of nitrogens with zero attached hydrogens (tertiary/aromatic N) is 2. The number of nitrogens with one attached hydrogen (secondary N) is 1. The van der Waals surface area contributed by atoms with E-state index in [4.69, 9.17) is 0 Å². The third kappa shape index (κ3) is 4.53. The predicted octanol–water partition coefficient (Wildman–Crippen LogP) is 3.12. The maximum Gasteiger partial charge on any atom is 0.224 e. The topological polar surface area (TPSA) is 65.5 Å². The predicted molar refractivity (Wildman–Crippen MR) is 110 cm³/mol. The van der Waals surface area contributed by atoms with Crippen LogP contribution in [0.5, 0.6) is 0 Å². The van der Waals surface area contributed by atoms with Crippen molar-refractivity contribution in [3.05, 3.63) is 59.4 Å². The molecule has 1 saturated carbocycles. The number of aromatic nitrogens is 1. The van der Waals surface area contributed by atoms with Crippen molar-refractivity contribution in [3.8, 4) is 0 Å². The Morgan fingerprint density at radius 1 is 1.21 bits per heavy atom. The van der Waals surface area contributed by atoms with E-state index in [9.17, 15) is 9.90 Å². The average Bonchev–Trinajstić information content (AvgIpc) is 3.41. The Morgan fingerprint density at radius 3 is 2.64 bits per heavy atom. The highest BCUT2D eigenvalue weighted by atomic mass is 16.3. The van der Waals surface area contributed by atoms with Crippen molar-refractivity contribution in [1.29, 1.82) is 0 Å². The van der Waals surface area contributed by atoms with Gasteiger partial charge in [0, 0.05) is 30.9 Å². The lowest BCUT2D eigenvalue weighted by Crippen LogP contribution is -2.38. The van der Waals surface area contributed by atoms with Crippen LogP contribution in [0.15, 0.2) is 42.7 Å². The number of rotatable bonds is 6. The first-order valence-electron chi connectivity index (χ1n) is 10.2. The molecule has 28 heavy (non-hydrogen) atoms. The molecular formula is C23H29N3O2. The number of hydrogen-bond donors (Lipinski definition) is 2. The molecule has 2 aliphatic rings. The first kappa shape index (κ1) is 18.9. The van der Waals surface area contributed by atoms with Crippen LogP contribution in [0, 0.1) is 0 Å². The summed E-state index contributed by atoms with van der Waals surface area (Å²) in [4.78, 5) is 18.9. The van der Waals surface area contributed by atoms with Crippen molar-refractivity contribution < 1.29 is 9.90 Å². The highest BCUT2D eigenvalue weighted by molar-refractivity contribution is 5.79. The fraction of sp³-hybridized carbons (Fsp3) is 0.478. The Bertz CT molecular complexity index is 838. The molecular weight excluding hydrogens is 350 g/mol. The van der Waals surface area contributed by atoms with E-state index in [1.807, 2.05) is 12.3 Å². The Hall–Kier alpha value is -2.40. The quantitative estimate of drug-likeness (QED) is 0.809. The van der Waals surface area contributed by atoms with Crippen LogP contribution in [0.2, 0.25) is 0 Å². The van der Waals surface area contributed by atoms with Gasteiger partial charge in [-0.15, -0.1) is 0 Å². The lowest BCUT2D eigenvalue weighted by atomic mass is 10.0. The van der Waals surface area contributed by atoms with E-state index in [0.29, 0.717) is 6.42 Å². The molecule has 2 aromatic rings. The number of hydrogen-bond acceptors (Lipinski definition) is 4. The van der Waals surface area contributed by atoms with Crippen LogP contribution in [0.4, 0.5) is 5.69 Å². The van der Waals surface area contributed by atoms with E-state index < -0.39 is 5.60 Å². The van der Waals surface area contributed by atoms with E-state index in [2.05, 4.69) is 39.5 Å². The molecule has 1 aliphatic carbocycles. The smallest absolute Gasteiger partial charge is 0.224 e. The largest absolute Gasteiger partial charge is 0.386 e. The molecule has 1 amide bonds. The molecule has 1 atom stereocenters. The Labute approximate surface area is 166 Å². The van der Waals surface area contributed by atoms with Gasteiger partial charge < -0.3 is 15.3 Å². The Morgan fingerprint density at radius 2 is 1.96 bits per heavy atom. The molecule has 5 nitrogen and oxygen atoms in total. The van der Waals surface area contributed by atoms with E-state index in [0.717, 1.165) is 42.2 Å². The zero-order chi connectivity index (χ0) is 19.7. The second-order valence-electron chi connectivity index (χ2n) is 8.68. The van der Waals surface area contributed by atoms with E-state index in [-0.39, 0.29) is 11.9 Å². The van der Waals surface area contributed by atoms with Crippen LogP contribution in [0.25, 0.3) is 0 Å². The monoisotopic (exact) mass is 379 g/mol. The molecule has 0 bridgehead atoms. The summed E-state index contributed by atoms with van der Waals surface area (Å²) in [6.07, 6.45) is 7.46. The van der Waals surface area contributed by atoms with Gasteiger partial charge in [0.1, 0.15) is 0 Å². The third-order valence-corrected chi connectivity index (χ3v) is 5.74. The summed E-state index contributed by atoms with van der Waals surface area (Å²) in [6.45, 7) is 5.16. The minimum Gasteiger partial charge on any atom is -0.386 e. The molecule has 0 unspecified atom stereocenters. The minimum absolute atomic E-state index is 0.0781. The lowest BCUT2D eigenvalue weighted by molar-refractivity contribution is -0.121. The number of amides is 1. The van der Waals surface area contributed by atoms with Crippen molar-refractivity contribution in [3.63, 3.8) is 0 Å². The van der Waals surface area contributed by atoms with Crippen LogP contribution in [0.1, 0.15) is 55.7 Å². The SMILES string of the molecule is CC(C)(O)c1cncc(N2CC[C@@H](NC(=O)Cc3ccc(C4CC4)cc3)C2)c1. The van der Waals surface area contributed by atoms with E-state index in [1.165, 1.54) is 18.4 Å². The fourth-order valence-corrected chi connectivity index (χ4v) is 3.84. The molecule has 148 valence electrons. The van der Waals surface area contributed by atoms with Gasteiger partial charge >= 0.3 is 0 Å². The first-order valence-corrected chi connectivity index (χ1v) is 10.2. The fourth-order valence-electron chi connectivity index (χ4n) is 3.84. The number of carbonyl (C=O) groups excluding carboxylic acids is 1. The Kier molecular flexibility index (Phi) is 5.11. The molecule has 4 rings (SSSR count). The number of aliphatic hydroxyl groups is 1. The van der Waals surface area contributed by atoms with Gasteiger partial charge in [-0.05, 0) is 56.2 Å². The number of pyridine rings is 1. The highest BCUT2D eigenvalue weighted by Crippen LogP contribution is 2.39. The van der Waals surface area contributed by atoms with Crippen molar-refractivity contribution >= 4 is 11.6 Å². The van der Waals surface area contributed by atoms with Crippen LogP contribution in [0.3, 0.4) is 0 Å². The summed E-state index contributed by atoms with van der Waals surface area (Å²) in [7, 11) is 0. The van der Waals surface area contributed by atoms with Gasteiger partial charge in [-0.1, -0.05) is 24.3 Å². The second kappa shape index (κ2) is 7.55. The molecule has 0 spiro atoms. The summed E-state index contributed by atoms with van der Waals surface area (Å²) in [5.74, 6) is 0.825. The molecule has 2 heterocycles. The Balaban J connectivity index is 1.31. The van der Waals surface area contributed by atoms with Crippen LogP contribution < -0.4 is 10.2 Å². The van der Waals surface area contributed by atoms with Crippen LogP contribution in [-0.4, -0.2) is 35.1 Å².